The van der Waals surface area contributed by atoms with Crippen molar-refractivity contribution in [3.63, 3.8) is 0 Å². The number of amides is 4. The number of benzene rings is 3. The van der Waals surface area contributed by atoms with Crippen LogP contribution in [0.3, 0.4) is 0 Å². The highest BCUT2D eigenvalue weighted by molar-refractivity contribution is 6.01. The molecule has 0 aliphatic carbocycles. The molecule has 7 rings (SSSR count). The predicted octanol–water partition coefficient (Wildman–Crippen LogP) is 5.30. The standard InChI is InChI=1S/C38H39N7O5/c1-43(2)33(25-8-4-3-5-9-25)37(48)44-19-6-10-31(44)35(47)41-28-16-17-29-26(22-28)23-30(42-29)24-12-14-27(15-13-24)40-34(46)32-11-7-20-45(32)38(49)36-39-18-21-50-36/h3-5,8-9,12-18,21-23,31-33,42H,6-7,10-11,19-20H2,1-2H3,(H,40,46)(H,41,47)/t31-,32?,33?/m1/s1. The van der Waals surface area contributed by atoms with Crippen LogP contribution in [0.2, 0.25) is 0 Å². The van der Waals surface area contributed by atoms with E-state index in [9.17, 15) is 19.2 Å². The van der Waals surface area contributed by atoms with Crippen LogP contribution in [-0.4, -0.2) is 87.6 Å². The summed E-state index contributed by atoms with van der Waals surface area (Å²) in [5.41, 5.74) is 4.87. The number of likely N-dealkylation sites (tertiary alicyclic amines) is 2. The molecule has 4 amide bonds. The number of nitrogens with one attached hydrogen (secondary N) is 3. The molecule has 256 valence electrons. The number of fused-ring (bicyclic) bond motifs is 1. The van der Waals surface area contributed by atoms with E-state index in [0.29, 0.717) is 37.3 Å². The molecule has 4 heterocycles. The molecule has 0 radical (unpaired) electrons. The van der Waals surface area contributed by atoms with Gasteiger partial charge in [0.05, 0.1) is 6.20 Å². The SMILES string of the molecule is CN(C)C(C(=O)N1CCC[C@@H]1C(=O)Nc1ccc2[nH]c(-c3ccc(NC(=O)C4CCCN4C(=O)c4ncco4)cc3)cc2c1)c1ccccc1. The van der Waals surface area contributed by atoms with Crippen LogP contribution < -0.4 is 10.6 Å². The zero-order chi connectivity index (χ0) is 34.8. The minimum Gasteiger partial charge on any atom is -0.441 e. The van der Waals surface area contributed by atoms with Crippen molar-refractivity contribution in [3.8, 4) is 11.3 Å². The molecule has 2 aromatic heterocycles. The molecule has 2 saturated heterocycles. The zero-order valence-corrected chi connectivity index (χ0v) is 28.0. The van der Waals surface area contributed by atoms with Gasteiger partial charge in [-0.1, -0.05) is 42.5 Å². The van der Waals surface area contributed by atoms with Crippen LogP contribution in [0, 0.1) is 0 Å². The molecule has 2 unspecified atom stereocenters. The Morgan fingerprint density at radius 3 is 2.18 bits per heavy atom. The van der Waals surface area contributed by atoms with Crippen LogP contribution in [0.25, 0.3) is 22.2 Å². The number of nitrogens with zero attached hydrogens (tertiary/aromatic N) is 4. The lowest BCUT2D eigenvalue weighted by atomic mass is 10.0. The molecule has 12 heteroatoms. The molecule has 50 heavy (non-hydrogen) atoms. The van der Waals surface area contributed by atoms with Crippen LogP contribution in [0.4, 0.5) is 11.4 Å². The number of oxazole rings is 1. The first-order chi connectivity index (χ1) is 24.3. The number of anilines is 2. The Kier molecular flexibility index (Phi) is 9.18. The maximum Gasteiger partial charge on any atom is 0.310 e. The van der Waals surface area contributed by atoms with Gasteiger partial charge in [-0.2, -0.15) is 0 Å². The number of likely N-dealkylation sites (N-methyl/N-ethyl adjacent to an activating group) is 1. The summed E-state index contributed by atoms with van der Waals surface area (Å²) >= 11 is 0. The molecule has 2 aliphatic rings. The third-order valence-electron chi connectivity index (χ3n) is 9.49. The Labute approximate surface area is 289 Å². The lowest BCUT2D eigenvalue weighted by Gasteiger charge is -2.31. The summed E-state index contributed by atoms with van der Waals surface area (Å²) in [4.78, 5) is 65.6. The fourth-order valence-corrected chi connectivity index (χ4v) is 7.04. The van der Waals surface area contributed by atoms with Crippen LogP contribution in [0.15, 0.2) is 95.7 Å². The summed E-state index contributed by atoms with van der Waals surface area (Å²) in [5, 5.41) is 6.91. The number of hydrogen-bond donors (Lipinski definition) is 3. The third-order valence-corrected chi connectivity index (χ3v) is 9.49. The first-order valence-corrected chi connectivity index (χ1v) is 16.8. The summed E-state index contributed by atoms with van der Waals surface area (Å²) in [6.45, 7) is 1.01. The first kappa shape index (κ1) is 32.8. The zero-order valence-electron chi connectivity index (χ0n) is 28.0. The molecule has 2 aliphatic heterocycles. The van der Waals surface area contributed by atoms with Crippen LogP contribution in [0.5, 0.6) is 0 Å². The quantitative estimate of drug-likeness (QED) is 0.193. The fraction of sp³-hybridized carbons (Fsp3) is 0.289. The van der Waals surface area contributed by atoms with E-state index in [2.05, 4.69) is 20.6 Å². The van der Waals surface area contributed by atoms with E-state index in [1.165, 1.54) is 17.4 Å². The lowest BCUT2D eigenvalue weighted by Crippen LogP contribution is -2.47. The Bertz CT molecular complexity index is 2010. The first-order valence-electron chi connectivity index (χ1n) is 16.8. The number of carbonyl (C=O) groups excluding carboxylic acids is 4. The van der Waals surface area contributed by atoms with E-state index >= 15 is 0 Å². The minimum atomic E-state index is -0.598. The van der Waals surface area contributed by atoms with E-state index < -0.39 is 24.0 Å². The Balaban J connectivity index is 0.998. The summed E-state index contributed by atoms with van der Waals surface area (Å²) < 4.78 is 5.14. The molecule has 3 atom stereocenters. The second kappa shape index (κ2) is 14.0. The molecule has 0 saturated carbocycles. The van der Waals surface area contributed by atoms with Crippen LogP contribution >= 0.6 is 0 Å². The molecular formula is C38H39N7O5. The van der Waals surface area contributed by atoms with E-state index in [1.54, 1.807) is 4.90 Å². The summed E-state index contributed by atoms with van der Waals surface area (Å²) in [6.07, 6.45) is 5.42. The lowest BCUT2D eigenvalue weighted by molar-refractivity contribution is -0.140. The second-order valence-corrected chi connectivity index (χ2v) is 13.0. The fourth-order valence-electron chi connectivity index (χ4n) is 7.04. The second-order valence-electron chi connectivity index (χ2n) is 13.0. The van der Waals surface area contributed by atoms with Gasteiger partial charge in [-0.05, 0) is 87.3 Å². The van der Waals surface area contributed by atoms with Crippen molar-refractivity contribution < 1.29 is 23.6 Å². The number of carbonyl (C=O) groups is 4. The van der Waals surface area contributed by atoms with Crippen LogP contribution in [-0.2, 0) is 14.4 Å². The smallest absolute Gasteiger partial charge is 0.310 e. The van der Waals surface area contributed by atoms with Gasteiger partial charge in [-0.25, -0.2) is 4.98 Å². The number of hydrogen-bond acceptors (Lipinski definition) is 7. The number of H-pyrrole nitrogens is 1. The van der Waals surface area contributed by atoms with Gasteiger partial charge in [-0.3, -0.25) is 24.1 Å². The van der Waals surface area contributed by atoms with Gasteiger partial charge in [-0.15, -0.1) is 0 Å². The number of rotatable bonds is 9. The Morgan fingerprint density at radius 2 is 1.50 bits per heavy atom. The van der Waals surface area contributed by atoms with Gasteiger partial charge in [0.2, 0.25) is 17.7 Å². The third kappa shape index (κ3) is 6.61. The average Bonchev–Trinajstić information content (AvgIpc) is 3.95. The highest BCUT2D eigenvalue weighted by Gasteiger charge is 2.39. The van der Waals surface area contributed by atoms with Crippen molar-refractivity contribution in [1.29, 1.82) is 0 Å². The van der Waals surface area contributed by atoms with E-state index in [0.717, 1.165) is 40.6 Å². The molecule has 0 spiro atoms. The molecule has 3 aromatic carbocycles. The molecule has 3 N–H and O–H groups in total. The molecule has 5 aromatic rings. The van der Waals surface area contributed by atoms with E-state index in [1.807, 2.05) is 97.9 Å². The van der Waals surface area contributed by atoms with Crippen molar-refractivity contribution in [1.82, 2.24) is 24.7 Å². The van der Waals surface area contributed by atoms with Gasteiger partial charge < -0.3 is 29.8 Å². The predicted molar refractivity (Wildman–Crippen MR) is 189 cm³/mol. The van der Waals surface area contributed by atoms with Crippen LogP contribution in [0.1, 0.15) is 48.0 Å². The Hall–Kier alpha value is -5.75. The summed E-state index contributed by atoms with van der Waals surface area (Å²) in [7, 11) is 3.76. The number of aromatic amines is 1. The summed E-state index contributed by atoms with van der Waals surface area (Å²) in [6, 6.07) is 23.2. The van der Waals surface area contributed by atoms with Gasteiger partial charge in [0.25, 0.3) is 5.89 Å². The summed E-state index contributed by atoms with van der Waals surface area (Å²) in [5.74, 6) is -0.941. The van der Waals surface area contributed by atoms with E-state index in [-0.39, 0.29) is 23.6 Å². The highest BCUT2D eigenvalue weighted by Crippen LogP contribution is 2.30. The molecule has 0 bridgehead atoms. The highest BCUT2D eigenvalue weighted by atomic mass is 16.4. The maximum absolute atomic E-state index is 13.7. The van der Waals surface area contributed by atoms with Gasteiger partial charge in [0.15, 0.2) is 0 Å². The average molecular weight is 674 g/mol. The van der Waals surface area contributed by atoms with Gasteiger partial charge in [0.1, 0.15) is 24.4 Å². The number of aromatic nitrogens is 2. The van der Waals surface area contributed by atoms with Crippen molar-refractivity contribution >= 4 is 45.9 Å². The molecule has 12 nitrogen and oxygen atoms in total. The van der Waals surface area contributed by atoms with Crippen molar-refractivity contribution in [2.24, 2.45) is 0 Å². The monoisotopic (exact) mass is 673 g/mol. The normalized spacial score (nSPS) is 18.1. The van der Waals surface area contributed by atoms with Crippen molar-refractivity contribution in [2.45, 2.75) is 43.8 Å². The topological polar surface area (TPSA) is 144 Å². The molecular weight excluding hydrogens is 634 g/mol. The van der Waals surface area contributed by atoms with Crippen molar-refractivity contribution in [2.75, 3.05) is 37.8 Å². The Morgan fingerprint density at radius 1 is 0.840 bits per heavy atom. The van der Waals surface area contributed by atoms with Crippen molar-refractivity contribution in [3.05, 3.63) is 103 Å². The molecule has 2 fully saturated rings. The maximum atomic E-state index is 13.7. The van der Waals surface area contributed by atoms with E-state index in [4.69, 9.17) is 4.42 Å². The minimum absolute atomic E-state index is 0.0216. The van der Waals surface area contributed by atoms with Gasteiger partial charge in [0, 0.05) is 41.1 Å². The largest absolute Gasteiger partial charge is 0.441 e. The van der Waals surface area contributed by atoms with Gasteiger partial charge >= 0.3 is 5.91 Å².